The van der Waals surface area contributed by atoms with Crippen molar-refractivity contribution < 1.29 is 19.1 Å². The molecule has 29 heavy (non-hydrogen) atoms. The molecule has 0 radical (unpaired) electrons. The van der Waals surface area contributed by atoms with Gasteiger partial charge in [-0.2, -0.15) is 0 Å². The van der Waals surface area contributed by atoms with Gasteiger partial charge in [0.05, 0.1) is 11.0 Å². The van der Waals surface area contributed by atoms with Gasteiger partial charge in [-0.15, -0.1) is 11.3 Å². The van der Waals surface area contributed by atoms with Crippen LogP contribution in [0.25, 0.3) is 5.57 Å². The summed E-state index contributed by atoms with van der Waals surface area (Å²) in [6.45, 7) is 8.31. The molecule has 0 N–H and O–H groups in total. The average Bonchev–Trinajstić information content (AvgIpc) is 3.22. The molecule has 0 saturated carbocycles. The van der Waals surface area contributed by atoms with Crippen LogP contribution in [-0.4, -0.2) is 41.6 Å². The van der Waals surface area contributed by atoms with Crippen molar-refractivity contribution in [2.24, 2.45) is 0 Å². The first-order chi connectivity index (χ1) is 13.8. The summed E-state index contributed by atoms with van der Waals surface area (Å²) in [5.74, 6) is 0.307. The van der Waals surface area contributed by atoms with E-state index in [1.165, 1.54) is 16.9 Å². The molecule has 1 aliphatic heterocycles. The Morgan fingerprint density at radius 3 is 2.59 bits per heavy atom. The molecule has 0 spiro atoms. The Labute approximate surface area is 175 Å². The number of thiophene rings is 1. The molecule has 0 fully saturated rings. The van der Waals surface area contributed by atoms with E-state index in [0.717, 1.165) is 16.9 Å². The quantitative estimate of drug-likeness (QED) is 0.639. The summed E-state index contributed by atoms with van der Waals surface area (Å²) in [6.07, 6.45) is 2.68. The van der Waals surface area contributed by atoms with Gasteiger partial charge in [-0.3, -0.25) is 4.79 Å². The number of hydrogen-bond acceptors (Lipinski definition) is 5. The smallest absolute Gasteiger partial charge is 0.350 e. The van der Waals surface area contributed by atoms with E-state index < -0.39 is 11.6 Å². The van der Waals surface area contributed by atoms with Crippen molar-refractivity contribution in [3.05, 3.63) is 58.3 Å². The number of ether oxygens (including phenoxy) is 2. The second-order valence-electron chi connectivity index (χ2n) is 7.80. The van der Waals surface area contributed by atoms with E-state index in [4.69, 9.17) is 9.47 Å². The summed E-state index contributed by atoms with van der Waals surface area (Å²) in [7, 11) is 0. The fraction of sp³-hybridized carbons (Fsp3) is 0.391. The molecule has 0 aliphatic carbocycles. The zero-order chi connectivity index (χ0) is 21.0. The standard InChI is InChI=1S/C23H27NO4S/c1-16(2)27-22(26)23(3,4)28-19-8-5-7-18(15-19)17-10-12-24(13-11-17)21(25)20-9-6-14-29-20/h5-10,14-16H,11-13H2,1-4H3. The number of nitrogens with zero attached hydrogens (tertiary/aromatic N) is 1. The highest BCUT2D eigenvalue weighted by molar-refractivity contribution is 7.12. The fourth-order valence-corrected chi connectivity index (χ4v) is 3.81. The third-order valence-corrected chi connectivity index (χ3v) is 5.50. The van der Waals surface area contributed by atoms with Crippen molar-refractivity contribution in [1.82, 2.24) is 4.90 Å². The average molecular weight is 414 g/mol. The van der Waals surface area contributed by atoms with E-state index in [0.29, 0.717) is 18.8 Å². The number of carbonyl (C=O) groups is 2. The summed E-state index contributed by atoms with van der Waals surface area (Å²) < 4.78 is 11.2. The van der Waals surface area contributed by atoms with Gasteiger partial charge in [-0.05, 0) is 68.8 Å². The van der Waals surface area contributed by atoms with Gasteiger partial charge in [0.2, 0.25) is 0 Å². The van der Waals surface area contributed by atoms with Crippen LogP contribution < -0.4 is 4.74 Å². The number of benzene rings is 1. The first kappa shape index (κ1) is 21.1. The molecular weight excluding hydrogens is 386 g/mol. The lowest BCUT2D eigenvalue weighted by Gasteiger charge is -2.27. The molecule has 1 aromatic carbocycles. The van der Waals surface area contributed by atoms with Crippen molar-refractivity contribution in [3.8, 4) is 5.75 Å². The third-order valence-electron chi connectivity index (χ3n) is 4.64. The van der Waals surface area contributed by atoms with Gasteiger partial charge in [0.25, 0.3) is 5.91 Å². The molecule has 1 aliphatic rings. The van der Waals surface area contributed by atoms with Crippen molar-refractivity contribution >= 4 is 28.8 Å². The van der Waals surface area contributed by atoms with E-state index >= 15 is 0 Å². The second kappa shape index (κ2) is 8.82. The van der Waals surface area contributed by atoms with E-state index in [-0.39, 0.29) is 12.0 Å². The third kappa shape index (κ3) is 5.26. The summed E-state index contributed by atoms with van der Waals surface area (Å²) in [4.78, 5) is 27.4. The van der Waals surface area contributed by atoms with Crippen LogP contribution in [0.2, 0.25) is 0 Å². The monoisotopic (exact) mass is 413 g/mol. The molecule has 0 saturated heterocycles. The van der Waals surface area contributed by atoms with Crippen molar-refractivity contribution in [3.63, 3.8) is 0 Å². The molecule has 2 heterocycles. The Kier molecular flexibility index (Phi) is 6.42. The van der Waals surface area contributed by atoms with Gasteiger partial charge < -0.3 is 14.4 Å². The zero-order valence-corrected chi connectivity index (χ0v) is 18.1. The van der Waals surface area contributed by atoms with Crippen molar-refractivity contribution in [1.29, 1.82) is 0 Å². The van der Waals surface area contributed by atoms with Crippen molar-refractivity contribution in [2.45, 2.75) is 45.8 Å². The lowest BCUT2D eigenvalue weighted by Crippen LogP contribution is -2.40. The first-order valence-electron chi connectivity index (χ1n) is 9.78. The van der Waals surface area contributed by atoms with Crippen LogP contribution in [0.1, 0.15) is 49.4 Å². The van der Waals surface area contributed by atoms with Crippen LogP contribution in [0.15, 0.2) is 47.9 Å². The predicted molar refractivity (Wildman–Crippen MR) is 115 cm³/mol. The highest BCUT2D eigenvalue weighted by atomic mass is 32.1. The first-order valence-corrected chi connectivity index (χ1v) is 10.7. The molecular formula is C23H27NO4S. The highest BCUT2D eigenvalue weighted by Crippen LogP contribution is 2.28. The largest absolute Gasteiger partial charge is 0.476 e. The number of rotatable bonds is 6. The van der Waals surface area contributed by atoms with Crippen molar-refractivity contribution in [2.75, 3.05) is 13.1 Å². The molecule has 0 unspecified atom stereocenters. The molecule has 3 rings (SSSR count). The van der Waals surface area contributed by atoms with Crippen LogP contribution in [0, 0.1) is 0 Å². The Morgan fingerprint density at radius 2 is 1.97 bits per heavy atom. The SMILES string of the molecule is CC(C)OC(=O)C(C)(C)Oc1cccc(C2=CCN(C(=O)c3cccs3)CC2)c1. The van der Waals surface area contributed by atoms with Gasteiger partial charge in [0.1, 0.15) is 5.75 Å². The minimum atomic E-state index is -1.08. The Bertz CT molecular complexity index is 899. The number of amides is 1. The van der Waals surface area contributed by atoms with E-state index in [2.05, 4.69) is 6.08 Å². The maximum Gasteiger partial charge on any atom is 0.350 e. The minimum Gasteiger partial charge on any atom is -0.476 e. The second-order valence-corrected chi connectivity index (χ2v) is 8.75. The fourth-order valence-electron chi connectivity index (χ4n) is 3.12. The van der Waals surface area contributed by atoms with E-state index in [1.807, 2.05) is 60.5 Å². The summed E-state index contributed by atoms with van der Waals surface area (Å²) >= 11 is 1.47. The van der Waals surface area contributed by atoms with Crippen LogP contribution in [0.4, 0.5) is 0 Å². The molecule has 1 aromatic heterocycles. The van der Waals surface area contributed by atoms with Gasteiger partial charge in [-0.1, -0.05) is 24.3 Å². The lowest BCUT2D eigenvalue weighted by molar-refractivity contribution is -0.163. The van der Waals surface area contributed by atoms with Gasteiger partial charge in [0, 0.05) is 13.1 Å². The predicted octanol–water partition coefficient (Wildman–Crippen LogP) is 4.79. The topological polar surface area (TPSA) is 55.8 Å². The van der Waals surface area contributed by atoms with Gasteiger partial charge in [-0.25, -0.2) is 4.79 Å². The van der Waals surface area contributed by atoms with Crippen LogP contribution in [-0.2, 0) is 9.53 Å². The van der Waals surface area contributed by atoms with E-state index in [9.17, 15) is 9.59 Å². The Balaban J connectivity index is 1.68. The molecule has 6 heteroatoms. The van der Waals surface area contributed by atoms with E-state index in [1.54, 1.807) is 13.8 Å². The molecule has 1 amide bonds. The number of carbonyl (C=O) groups excluding carboxylic acids is 2. The molecule has 2 aromatic rings. The lowest BCUT2D eigenvalue weighted by atomic mass is 9.99. The van der Waals surface area contributed by atoms with Crippen LogP contribution in [0.3, 0.4) is 0 Å². The van der Waals surface area contributed by atoms with Gasteiger partial charge >= 0.3 is 5.97 Å². The maximum absolute atomic E-state index is 12.5. The molecule has 5 nitrogen and oxygen atoms in total. The normalized spacial score (nSPS) is 14.5. The zero-order valence-electron chi connectivity index (χ0n) is 17.3. The molecule has 0 bridgehead atoms. The van der Waals surface area contributed by atoms with Crippen LogP contribution >= 0.6 is 11.3 Å². The molecule has 154 valence electrons. The Hall–Kier alpha value is -2.60. The van der Waals surface area contributed by atoms with Crippen LogP contribution in [0.5, 0.6) is 5.75 Å². The number of esters is 1. The molecule has 0 atom stereocenters. The number of hydrogen-bond donors (Lipinski definition) is 0. The summed E-state index contributed by atoms with van der Waals surface area (Å²) in [5.41, 5.74) is 1.14. The summed E-state index contributed by atoms with van der Waals surface area (Å²) in [5, 5.41) is 1.92. The summed E-state index contributed by atoms with van der Waals surface area (Å²) in [6, 6.07) is 11.5. The highest BCUT2D eigenvalue weighted by Gasteiger charge is 2.32. The Morgan fingerprint density at radius 1 is 1.17 bits per heavy atom. The maximum atomic E-state index is 12.5. The minimum absolute atomic E-state index is 0.0813. The van der Waals surface area contributed by atoms with Gasteiger partial charge in [0.15, 0.2) is 5.60 Å².